The number of hydrogen-bond donors (Lipinski definition) is 1. The highest BCUT2D eigenvalue weighted by atomic mass is 35.5. The highest BCUT2D eigenvalue weighted by Crippen LogP contribution is 2.32. The molecule has 8 nitrogen and oxygen atoms in total. The van der Waals surface area contributed by atoms with E-state index in [2.05, 4.69) is 5.32 Å². The van der Waals surface area contributed by atoms with Crippen LogP contribution in [0.5, 0.6) is 5.75 Å². The van der Waals surface area contributed by atoms with E-state index in [9.17, 15) is 18.0 Å². The second kappa shape index (κ2) is 14.2. The van der Waals surface area contributed by atoms with E-state index in [0.717, 1.165) is 35.6 Å². The van der Waals surface area contributed by atoms with Gasteiger partial charge in [0.25, 0.3) is 10.0 Å². The van der Waals surface area contributed by atoms with Crippen LogP contribution in [0.15, 0.2) is 65.6 Å². The maximum atomic E-state index is 14.1. The zero-order valence-electron chi connectivity index (χ0n) is 24.1. The van der Waals surface area contributed by atoms with Crippen molar-refractivity contribution in [3.05, 3.63) is 86.9 Å². The van der Waals surface area contributed by atoms with Crippen LogP contribution in [-0.4, -0.2) is 50.9 Å². The van der Waals surface area contributed by atoms with Crippen LogP contribution in [0.3, 0.4) is 0 Å². The molecule has 1 aliphatic carbocycles. The van der Waals surface area contributed by atoms with Crippen molar-refractivity contribution in [3.8, 4) is 5.75 Å². The number of anilines is 1. The van der Waals surface area contributed by atoms with E-state index in [0.29, 0.717) is 21.4 Å². The largest absolute Gasteiger partial charge is 0.495 e. The Morgan fingerprint density at radius 1 is 0.953 bits per heavy atom. The molecule has 1 aliphatic rings. The quantitative estimate of drug-likeness (QED) is 0.248. The Morgan fingerprint density at radius 2 is 1.63 bits per heavy atom. The van der Waals surface area contributed by atoms with E-state index in [1.54, 1.807) is 37.3 Å². The molecule has 1 atom stereocenters. The van der Waals surface area contributed by atoms with E-state index < -0.39 is 28.5 Å². The normalized spacial score (nSPS) is 14.3. The van der Waals surface area contributed by atoms with Gasteiger partial charge in [0.15, 0.2) is 0 Å². The maximum Gasteiger partial charge on any atom is 0.264 e. The number of sulfonamides is 1. The Hall–Kier alpha value is -2.98. The minimum Gasteiger partial charge on any atom is -0.495 e. The van der Waals surface area contributed by atoms with Gasteiger partial charge < -0.3 is 15.0 Å². The standard InChI is InChI=1S/C31H34Cl3N3O5S/c1-20-8-12-25(13-9-20)43(40,41)37(24-11-15-29(42-3)28(34)17-24)19-30(38)36(18-22-10-14-26(32)27(33)16-22)21(2)31(39)35-23-6-4-5-7-23/h8-17,21,23H,4-7,18-19H2,1-3H3,(H,35,39)/t21-/m1/s1. The van der Waals surface area contributed by atoms with Gasteiger partial charge >= 0.3 is 0 Å². The van der Waals surface area contributed by atoms with E-state index in [1.807, 2.05) is 6.92 Å². The number of halogens is 3. The number of carbonyl (C=O) groups excluding carboxylic acids is 2. The molecule has 0 aromatic heterocycles. The van der Waals surface area contributed by atoms with Crippen molar-refractivity contribution in [2.75, 3.05) is 18.0 Å². The molecular weight excluding hydrogens is 633 g/mol. The molecule has 0 spiro atoms. The first-order valence-electron chi connectivity index (χ1n) is 13.9. The smallest absolute Gasteiger partial charge is 0.264 e. The fourth-order valence-corrected chi connectivity index (χ4v) is 6.96. The molecule has 3 aromatic rings. The minimum atomic E-state index is -4.24. The fourth-order valence-electron chi connectivity index (χ4n) is 4.99. The lowest BCUT2D eigenvalue weighted by molar-refractivity contribution is -0.139. The van der Waals surface area contributed by atoms with Crippen LogP contribution < -0.4 is 14.4 Å². The Morgan fingerprint density at radius 3 is 2.23 bits per heavy atom. The zero-order valence-corrected chi connectivity index (χ0v) is 27.2. The molecule has 12 heteroatoms. The number of nitrogens with zero attached hydrogens (tertiary/aromatic N) is 2. The molecule has 0 radical (unpaired) electrons. The molecule has 0 saturated heterocycles. The first-order valence-corrected chi connectivity index (χ1v) is 16.4. The van der Waals surface area contributed by atoms with E-state index in [-0.39, 0.29) is 34.1 Å². The topological polar surface area (TPSA) is 96.0 Å². The van der Waals surface area contributed by atoms with Gasteiger partial charge in [0, 0.05) is 12.6 Å². The van der Waals surface area contributed by atoms with Crippen molar-refractivity contribution in [1.29, 1.82) is 0 Å². The van der Waals surface area contributed by atoms with Crippen molar-refractivity contribution in [3.63, 3.8) is 0 Å². The average Bonchev–Trinajstić information content (AvgIpc) is 3.49. The summed E-state index contributed by atoms with van der Waals surface area (Å²) in [6, 6.07) is 14.9. The van der Waals surface area contributed by atoms with Crippen LogP contribution >= 0.6 is 34.8 Å². The van der Waals surface area contributed by atoms with Crippen molar-refractivity contribution in [2.45, 2.75) is 63.1 Å². The van der Waals surface area contributed by atoms with Crippen molar-refractivity contribution < 1.29 is 22.7 Å². The lowest BCUT2D eigenvalue weighted by Gasteiger charge is -2.32. The van der Waals surface area contributed by atoms with Crippen LogP contribution in [0.1, 0.15) is 43.7 Å². The van der Waals surface area contributed by atoms with Crippen LogP contribution in [0.25, 0.3) is 0 Å². The number of ether oxygens (including phenoxy) is 1. The molecular formula is C31H34Cl3N3O5S. The van der Waals surface area contributed by atoms with Gasteiger partial charge in [-0.2, -0.15) is 0 Å². The van der Waals surface area contributed by atoms with Gasteiger partial charge in [0.1, 0.15) is 18.3 Å². The Labute approximate surface area is 267 Å². The van der Waals surface area contributed by atoms with Crippen LogP contribution in [0.4, 0.5) is 5.69 Å². The first-order chi connectivity index (χ1) is 20.4. The van der Waals surface area contributed by atoms with Gasteiger partial charge in [0.2, 0.25) is 11.8 Å². The minimum absolute atomic E-state index is 0.000832. The molecule has 2 amide bonds. The molecule has 0 bridgehead atoms. The average molecular weight is 667 g/mol. The number of methoxy groups -OCH3 is 1. The SMILES string of the molecule is COc1ccc(N(CC(=O)N(Cc2ccc(Cl)c(Cl)c2)[C@H](C)C(=O)NC2CCCC2)S(=O)(=O)c2ccc(C)cc2)cc1Cl. The lowest BCUT2D eigenvalue weighted by atomic mass is 10.1. The van der Waals surface area contributed by atoms with Gasteiger partial charge in [0.05, 0.1) is 32.8 Å². The zero-order chi connectivity index (χ0) is 31.3. The Bertz CT molecular complexity index is 1580. The van der Waals surface area contributed by atoms with Crippen LogP contribution in [-0.2, 0) is 26.2 Å². The van der Waals surface area contributed by atoms with Gasteiger partial charge in [-0.15, -0.1) is 0 Å². The number of nitrogens with one attached hydrogen (secondary N) is 1. The summed E-state index contributed by atoms with van der Waals surface area (Å²) >= 11 is 18.7. The summed E-state index contributed by atoms with van der Waals surface area (Å²) in [6.45, 7) is 2.88. The predicted molar refractivity (Wildman–Crippen MR) is 171 cm³/mol. The molecule has 1 fully saturated rings. The summed E-state index contributed by atoms with van der Waals surface area (Å²) in [4.78, 5) is 28.8. The molecule has 0 aliphatic heterocycles. The Kier molecular flexibility index (Phi) is 10.9. The highest BCUT2D eigenvalue weighted by molar-refractivity contribution is 7.92. The van der Waals surface area contributed by atoms with Gasteiger partial charge in [-0.1, -0.05) is 71.4 Å². The number of carbonyl (C=O) groups is 2. The number of benzene rings is 3. The van der Waals surface area contributed by atoms with E-state index >= 15 is 0 Å². The summed E-state index contributed by atoms with van der Waals surface area (Å²) in [5.74, 6) is -0.564. The molecule has 0 heterocycles. The van der Waals surface area contributed by atoms with Crippen molar-refractivity contribution in [1.82, 2.24) is 10.2 Å². The van der Waals surface area contributed by atoms with E-state index in [4.69, 9.17) is 39.5 Å². The third kappa shape index (κ3) is 7.95. The first kappa shape index (κ1) is 32.9. The number of rotatable bonds is 11. The molecule has 230 valence electrons. The van der Waals surface area contributed by atoms with E-state index in [1.165, 1.54) is 42.3 Å². The summed E-state index contributed by atoms with van der Waals surface area (Å²) in [5, 5.41) is 3.86. The predicted octanol–water partition coefficient (Wildman–Crippen LogP) is 6.64. The number of amides is 2. The lowest BCUT2D eigenvalue weighted by Crippen LogP contribution is -2.52. The third-order valence-corrected chi connectivity index (χ3v) is 10.3. The molecule has 3 aromatic carbocycles. The Balaban J connectivity index is 1.72. The van der Waals surface area contributed by atoms with Crippen LogP contribution in [0.2, 0.25) is 15.1 Å². The summed E-state index contributed by atoms with van der Waals surface area (Å²) < 4.78 is 34.3. The number of aryl methyl sites for hydroxylation is 1. The fraction of sp³-hybridized carbons (Fsp3) is 0.355. The van der Waals surface area contributed by atoms with Crippen molar-refractivity contribution in [2.24, 2.45) is 0 Å². The molecule has 1 saturated carbocycles. The number of hydrogen-bond acceptors (Lipinski definition) is 5. The molecule has 43 heavy (non-hydrogen) atoms. The van der Waals surface area contributed by atoms with Crippen molar-refractivity contribution >= 4 is 62.3 Å². The van der Waals surface area contributed by atoms with Gasteiger partial charge in [-0.25, -0.2) is 8.42 Å². The summed E-state index contributed by atoms with van der Waals surface area (Å²) in [6.07, 6.45) is 3.81. The second-order valence-electron chi connectivity index (χ2n) is 10.6. The van der Waals surface area contributed by atoms with Gasteiger partial charge in [-0.3, -0.25) is 13.9 Å². The summed E-state index contributed by atoms with van der Waals surface area (Å²) in [5.41, 5.74) is 1.67. The molecule has 4 rings (SSSR count). The van der Waals surface area contributed by atoms with Gasteiger partial charge in [-0.05, 0) is 74.7 Å². The van der Waals surface area contributed by atoms with Crippen LogP contribution in [0, 0.1) is 6.92 Å². The summed E-state index contributed by atoms with van der Waals surface area (Å²) in [7, 11) is -2.79. The third-order valence-electron chi connectivity index (χ3n) is 7.52. The molecule has 0 unspecified atom stereocenters. The maximum absolute atomic E-state index is 14.1. The second-order valence-corrected chi connectivity index (χ2v) is 13.7. The monoisotopic (exact) mass is 665 g/mol. The molecule has 1 N–H and O–H groups in total. The highest BCUT2D eigenvalue weighted by Gasteiger charge is 2.33.